The maximum atomic E-state index is 15.1. The number of amides is 1. The summed E-state index contributed by atoms with van der Waals surface area (Å²) in [5.41, 5.74) is 3.13. The molecule has 0 aliphatic rings. The van der Waals surface area contributed by atoms with Gasteiger partial charge in [0.15, 0.2) is 0 Å². The van der Waals surface area contributed by atoms with Gasteiger partial charge >= 0.3 is 0 Å². The molecule has 0 saturated carbocycles. The summed E-state index contributed by atoms with van der Waals surface area (Å²) in [7, 11) is 1.70. The first-order valence-electron chi connectivity index (χ1n) is 9.76. The van der Waals surface area contributed by atoms with Gasteiger partial charge in [-0.25, -0.2) is 4.39 Å². The molecule has 1 amide bonds. The minimum atomic E-state index is -0.487. The summed E-state index contributed by atoms with van der Waals surface area (Å²) < 4.78 is 20.8. The van der Waals surface area contributed by atoms with Crippen LogP contribution in [0.15, 0.2) is 66.9 Å². The van der Waals surface area contributed by atoms with E-state index in [9.17, 15) is 4.79 Å². The standard InChI is InChI=1S/C24H22FN3O2/c1-3-30-21-13-19(12-20(25)22(21)16-8-5-4-6-9-16)24(29)28(2)15-18-11-7-10-17-14-26-27-23(17)18/h4-14H,3,15H2,1-2H3,(H,26,27). The van der Waals surface area contributed by atoms with E-state index in [2.05, 4.69) is 10.2 Å². The number of para-hydroxylation sites is 1. The molecule has 0 unspecified atom stereocenters. The van der Waals surface area contributed by atoms with Gasteiger partial charge in [0, 0.05) is 24.5 Å². The number of rotatable bonds is 6. The summed E-state index contributed by atoms with van der Waals surface area (Å²) in [5, 5.41) is 8.00. The summed E-state index contributed by atoms with van der Waals surface area (Å²) in [4.78, 5) is 14.6. The topological polar surface area (TPSA) is 58.2 Å². The molecule has 0 spiro atoms. The molecule has 0 bridgehead atoms. The number of nitrogens with one attached hydrogen (secondary N) is 1. The molecule has 0 fully saturated rings. The third-order valence-corrected chi connectivity index (χ3v) is 4.98. The highest BCUT2D eigenvalue weighted by atomic mass is 19.1. The second kappa shape index (κ2) is 8.37. The number of ether oxygens (including phenoxy) is 1. The van der Waals surface area contributed by atoms with E-state index in [1.165, 1.54) is 6.07 Å². The zero-order valence-corrected chi connectivity index (χ0v) is 16.9. The fraction of sp³-hybridized carbons (Fsp3) is 0.167. The Kier molecular flexibility index (Phi) is 5.48. The Morgan fingerprint density at radius 2 is 1.93 bits per heavy atom. The van der Waals surface area contributed by atoms with Crippen molar-refractivity contribution in [2.24, 2.45) is 0 Å². The van der Waals surface area contributed by atoms with Crippen molar-refractivity contribution in [3.8, 4) is 16.9 Å². The van der Waals surface area contributed by atoms with Gasteiger partial charge in [-0.05, 0) is 30.2 Å². The van der Waals surface area contributed by atoms with Crippen molar-refractivity contribution in [3.05, 3.63) is 83.8 Å². The van der Waals surface area contributed by atoms with E-state index in [1.54, 1.807) is 24.2 Å². The second-order valence-corrected chi connectivity index (χ2v) is 7.04. The first-order chi connectivity index (χ1) is 14.6. The minimum Gasteiger partial charge on any atom is -0.493 e. The molecule has 0 aliphatic heterocycles. The van der Waals surface area contributed by atoms with Crippen molar-refractivity contribution < 1.29 is 13.9 Å². The van der Waals surface area contributed by atoms with Gasteiger partial charge in [-0.1, -0.05) is 48.5 Å². The van der Waals surface area contributed by atoms with E-state index >= 15 is 4.39 Å². The maximum absolute atomic E-state index is 15.1. The smallest absolute Gasteiger partial charge is 0.254 e. The van der Waals surface area contributed by atoms with Crippen molar-refractivity contribution in [2.45, 2.75) is 13.5 Å². The molecule has 0 radical (unpaired) electrons. The number of benzene rings is 3. The quantitative estimate of drug-likeness (QED) is 0.491. The van der Waals surface area contributed by atoms with E-state index in [1.807, 2.05) is 55.5 Å². The number of aromatic amines is 1. The summed E-state index contributed by atoms with van der Waals surface area (Å²) in [6, 6.07) is 17.9. The first kappa shape index (κ1) is 19.6. The largest absolute Gasteiger partial charge is 0.493 e. The predicted molar refractivity (Wildman–Crippen MR) is 115 cm³/mol. The van der Waals surface area contributed by atoms with Crippen molar-refractivity contribution in [2.75, 3.05) is 13.7 Å². The summed E-state index contributed by atoms with van der Waals surface area (Å²) in [5.74, 6) is -0.415. The first-order valence-corrected chi connectivity index (χ1v) is 9.76. The van der Waals surface area contributed by atoms with Crippen LogP contribution in [-0.4, -0.2) is 34.7 Å². The van der Waals surface area contributed by atoms with Crippen LogP contribution in [0.1, 0.15) is 22.8 Å². The lowest BCUT2D eigenvalue weighted by molar-refractivity contribution is 0.0784. The van der Waals surface area contributed by atoms with Crippen molar-refractivity contribution in [1.82, 2.24) is 15.1 Å². The normalized spacial score (nSPS) is 10.9. The van der Waals surface area contributed by atoms with Crippen LogP contribution in [0, 0.1) is 5.82 Å². The Morgan fingerprint density at radius 3 is 2.70 bits per heavy atom. The van der Waals surface area contributed by atoms with Gasteiger partial charge in [0.25, 0.3) is 5.91 Å². The van der Waals surface area contributed by atoms with Gasteiger partial charge in [0.1, 0.15) is 11.6 Å². The Hall–Kier alpha value is -3.67. The molecule has 0 saturated heterocycles. The van der Waals surface area contributed by atoms with Crippen LogP contribution in [0.2, 0.25) is 0 Å². The molecule has 1 heterocycles. The van der Waals surface area contributed by atoms with E-state index in [0.29, 0.717) is 30.0 Å². The van der Waals surface area contributed by atoms with Crippen LogP contribution in [0.25, 0.3) is 22.0 Å². The van der Waals surface area contributed by atoms with Crippen molar-refractivity contribution >= 4 is 16.8 Å². The highest BCUT2D eigenvalue weighted by Gasteiger charge is 2.20. The number of fused-ring (bicyclic) bond motifs is 1. The van der Waals surface area contributed by atoms with Crippen molar-refractivity contribution in [3.63, 3.8) is 0 Å². The van der Waals surface area contributed by atoms with Crippen LogP contribution in [0.3, 0.4) is 0 Å². The molecule has 30 heavy (non-hydrogen) atoms. The average Bonchev–Trinajstić information content (AvgIpc) is 3.24. The van der Waals surface area contributed by atoms with Crippen molar-refractivity contribution in [1.29, 1.82) is 0 Å². The molecule has 4 rings (SSSR count). The summed E-state index contributed by atoms with van der Waals surface area (Å²) >= 11 is 0. The number of H-pyrrole nitrogens is 1. The molecule has 0 atom stereocenters. The molecule has 1 N–H and O–H groups in total. The number of hydrogen-bond acceptors (Lipinski definition) is 3. The number of carbonyl (C=O) groups excluding carboxylic acids is 1. The predicted octanol–water partition coefficient (Wildman–Crippen LogP) is 5.04. The molecule has 4 aromatic rings. The SMILES string of the molecule is CCOc1cc(C(=O)N(C)Cc2cccc3cn[nH]c23)cc(F)c1-c1ccccc1. The van der Waals surface area contributed by atoms with E-state index in [-0.39, 0.29) is 11.5 Å². The Balaban J connectivity index is 1.66. The van der Waals surface area contributed by atoms with E-state index < -0.39 is 5.82 Å². The molecular weight excluding hydrogens is 381 g/mol. The lowest BCUT2D eigenvalue weighted by atomic mass is 10.0. The third-order valence-electron chi connectivity index (χ3n) is 4.98. The van der Waals surface area contributed by atoms with Crippen LogP contribution >= 0.6 is 0 Å². The third kappa shape index (κ3) is 3.76. The fourth-order valence-electron chi connectivity index (χ4n) is 3.57. The van der Waals surface area contributed by atoms with Gasteiger partial charge in [0.05, 0.1) is 23.9 Å². The molecule has 6 heteroatoms. The molecule has 1 aromatic heterocycles. The zero-order chi connectivity index (χ0) is 21.1. The Morgan fingerprint density at radius 1 is 1.13 bits per heavy atom. The Bertz CT molecular complexity index is 1190. The Labute approximate surface area is 174 Å². The van der Waals surface area contributed by atoms with Gasteiger partial charge in [-0.2, -0.15) is 5.10 Å². The highest BCUT2D eigenvalue weighted by molar-refractivity contribution is 5.96. The van der Waals surface area contributed by atoms with Crippen LogP contribution in [0.5, 0.6) is 5.75 Å². The molecule has 152 valence electrons. The van der Waals surface area contributed by atoms with Crippen LogP contribution in [-0.2, 0) is 6.54 Å². The van der Waals surface area contributed by atoms with Gasteiger partial charge in [-0.3, -0.25) is 9.89 Å². The van der Waals surface area contributed by atoms with Gasteiger partial charge in [-0.15, -0.1) is 0 Å². The minimum absolute atomic E-state index is 0.245. The lowest BCUT2D eigenvalue weighted by Gasteiger charge is -2.19. The van der Waals surface area contributed by atoms with Crippen LogP contribution < -0.4 is 4.74 Å². The molecule has 0 aliphatic carbocycles. The number of hydrogen-bond donors (Lipinski definition) is 1. The number of nitrogens with zero attached hydrogens (tertiary/aromatic N) is 2. The average molecular weight is 403 g/mol. The number of aromatic nitrogens is 2. The van der Waals surface area contributed by atoms with E-state index in [0.717, 1.165) is 16.5 Å². The monoisotopic (exact) mass is 403 g/mol. The molecule has 3 aromatic carbocycles. The van der Waals surface area contributed by atoms with Gasteiger partial charge < -0.3 is 9.64 Å². The molecular formula is C24H22FN3O2. The van der Waals surface area contributed by atoms with E-state index in [4.69, 9.17) is 4.74 Å². The highest BCUT2D eigenvalue weighted by Crippen LogP contribution is 2.34. The van der Waals surface area contributed by atoms with Crippen LogP contribution in [0.4, 0.5) is 4.39 Å². The second-order valence-electron chi connectivity index (χ2n) is 7.04. The number of halogens is 1. The fourth-order valence-corrected chi connectivity index (χ4v) is 3.57. The zero-order valence-electron chi connectivity index (χ0n) is 16.9. The lowest BCUT2D eigenvalue weighted by Crippen LogP contribution is -2.26. The molecule has 5 nitrogen and oxygen atoms in total. The number of carbonyl (C=O) groups is 1. The maximum Gasteiger partial charge on any atom is 0.254 e. The summed E-state index contributed by atoms with van der Waals surface area (Å²) in [6.45, 7) is 2.57. The summed E-state index contributed by atoms with van der Waals surface area (Å²) in [6.07, 6.45) is 1.74. The van der Waals surface area contributed by atoms with Gasteiger partial charge in [0.2, 0.25) is 0 Å².